The van der Waals surface area contributed by atoms with E-state index in [0.29, 0.717) is 17.3 Å². The average molecular weight is 288 g/mol. The molecular formula is C12H12N6OS. The second-order valence-corrected chi connectivity index (χ2v) is 4.81. The lowest BCUT2D eigenvalue weighted by Gasteiger charge is -2.04. The minimum Gasteiger partial charge on any atom is -0.368 e. The number of nitriles is 1. The Hall–Kier alpha value is -2.53. The van der Waals surface area contributed by atoms with Gasteiger partial charge in [0.2, 0.25) is 17.0 Å². The van der Waals surface area contributed by atoms with Crippen molar-refractivity contribution in [3.63, 3.8) is 0 Å². The number of nitrogen functional groups attached to an aromatic ring is 1. The molecule has 0 bridgehead atoms. The van der Waals surface area contributed by atoms with Crippen LogP contribution in [0.1, 0.15) is 5.56 Å². The Morgan fingerprint density at radius 1 is 1.45 bits per heavy atom. The maximum absolute atomic E-state index is 11.7. The number of aromatic amines is 1. The van der Waals surface area contributed by atoms with Crippen LogP contribution in [0.4, 0.5) is 11.6 Å². The summed E-state index contributed by atoms with van der Waals surface area (Å²) in [5.41, 5.74) is 6.98. The summed E-state index contributed by atoms with van der Waals surface area (Å²) in [6.07, 6.45) is 0.357. The summed E-state index contributed by atoms with van der Waals surface area (Å²) in [6.45, 7) is 0. The zero-order valence-electron chi connectivity index (χ0n) is 10.5. The average Bonchev–Trinajstić information content (AvgIpc) is 2.85. The molecule has 0 saturated carbocycles. The molecule has 4 N–H and O–H groups in total. The molecule has 0 aliphatic rings. The SMILES string of the molecule is N#CCc1ccc(NC(=O)CSc2n[nH]c(N)n2)cc1. The second kappa shape index (κ2) is 6.58. The zero-order chi connectivity index (χ0) is 14.4. The second-order valence-electron chi connectivity index (χ2n) is 3.87. The first-order valence-electron chi connectivity index (χ1n) is 5.74. The number of H-pyrrole nitrogens is 1. The van der Waals surface area contributed by atoms with Gasteiger partial charge in [0.15, 0.2) is 0 Å². The van der Waals surface area contributed by atoms with Crippen LogP contribution in [-0.4, -0.2) is 26.8 Å². The van der Waals surface area contributed by atoms with E-state index in [9.17, 15) is 4.79 Å². The van der Waals surface area contributed by atoms with Gasteiger partial charge >= 0.3 is 0 Å². The summed E-state index contributed by atoms with van der Waals surface area (Å²) in [5.74, 6) is 0.254. The molecule has 0 aliphatic carbocycles. The van der Waals surface area contributed by atoms with Gasteiger partial charge in [0.25, 0.3) is 0 Å². The fourth-order valence-electron chi connectivity index (χ4n) is 1.45. The molecule has 0 aliphatic heterocycles. The van der Waals surface area contributed by atoms with Gasteiger partial charge in [-0.3, -0.25) is 4.79 Å². The Bertz CT molecular complexity index is 630. The molecule has 0 fully saturated rings. The number of amides is 1. The lowest BCUT2D eigenvalue weighted by atomic mass is 10.1. The maximum atomic E-state index is 11.7. The lowest BCUT2D eigenvalue weighted by molar-refractivity contribution is -0.113. The summed E-state index contributed by atoms with van der Waals surface area (Å²) >= 11 is 1.19. The number of carbonyl (C=O) groups excluding carboxylic acids is 1. The molecule has 2 rings (SSSR count). The summed E-state index contributed by atoms with van der Waals surface area (Å²) < 4.78 is 0. The molecule has 2 aromatic rings. The van der Waals surface area contributed by atoms with Crippen LogP contribution >= 0.6 is 11.8 Å². The molecule has 8 heteroatoms. The zero-order valence-corrected chi connectivity index (χ0v) is 11.3. The highest BCUT2D eigenvalue weighted by molar-refractivity contribution is 7.99. The summed E-state index contributed by atoms with van der Waals surface area (Å²) in [7, 11) is 0. The van der Waals surface area contributed by atoms with E-state index in [1.165, 1.54) is 11.8 Å². The number of anilines is 2. The van der Waals surface area contributed by atoms with E-state index in [-0.39, 0.29) is 17.6 Å². The maximum Gasteiger partial charge on any atom is 0.234 e. The van der Waals surface area contributed by atoms with Gasteiger partial charge in [-0.1, -0.05) is 23.9 Å². The van der Waals surface area contributed by atoms with Crippen molar-refractivity contribution in [2.45, 2.75) is 11.6 Å². The Morgan fingerprint density at radius 2 is 2.20 bits per heavy atom. The molecule has 20 heavy (non-hydrogen) atoms. The van der Waals surface area contributed by atoms with Crippen molar-refractivity contribution in [1.82, 2.24) is 15.2 Å². The van der Waals surface area contributed by atoms with Crippen molar-refractivity contribution in [2.24, 2.45) is 0 Å². The molecule has 1 heterocycles. The number of rotatable bonds is 5. The number of nitrogens with two attached hydrogens (primary N) is 1. The van der Waals surface area contributed by atoms with Gasteiger partial charge in [0.05, 0.1) is 18.2 Å². The highest BCUT2D eigenvalue weighted by atomic mass is 32.2. The lowest BCUT2D eigenvalue weighted by Crippen LogP contribution is -2.14. The third-order valence-corrected chi connectivity index (χ3v) is 3.18. The fraction of sp³-hybridized carbons (Fsp3) is 0.167. The molecule has 102 valence electrons. The van der Waals surface area contributed by atoms with Crippen LogP contribution in [0.5, 0.6) is 0 Å². The Balaban J connectivity index is 1.83. The Kier molecular flexibility index (Phi) is 4.57. The third-order valence-electron chi connectivity index (χ3n) is 2.34. The minimum atomic E-state index is -0.161. The molecule has 1 amide bonds. The van der Waals surface area contributed by atoms with E-state index < -0.39 is 0 Å². The number of nitrogens with one attached hydrogen (secondary N) is 2. The van der Waals surface area contributed by atoms with Crippen LogP contribution in [0, 0.1) is 11.3 Å². The van der Waals surface area contributed by atoms with Crippen molar-refractivity contribution < 1.29 is 4.79 Å². The number of hydrogen-bond acceptors (Lipinski definition) is 6. The molecule has 0 unspecified atom stereocenters. The van der Waals surface area contributed by atoms with Gasteiger partial charge in [-0.15, -0.1) is 5.10 Å². The smallest absolute Gasteiger partial charge is 0.234 e. The van der Waals surface area contributed by atoms with Gasteiger partial charge in [0.1, 0.15) is 0 Å². The molecule has 0 saturated heterocycles. The van der Waals surface area contributed by atoms with Gasteiger partial charge in [-0.05, 0) is 17.7 Å². The summed E-state index contributed by atoms with van der Waals surface area (Å²) in [5, 5.41) is 18.1. The molecule has 0 radical (unpaired) electrons. The molecule has 1 aromatic carbocycles. The Labute approximate surface area is 119 Å². The standard InChI is InChI=1S/C12H12N6OS/c13-6-5-8-1-3-9(4-2-8)15-10(19)7-20-12-16-11(14)17-18-12/h1-4H,5,7H2,(H,15,19)(H3,14,16,17,18). The number of hydrogen-bond donors (Lipinski definition) is 3. The number of nitrogens with zero attached hydrogens (tertiary/aromatic N) is 3. The first kappa shape index (κ1) is 13.9. The first-order chi connectivity index (χ1) is 9.67. The first-order valence-corrected chi connectivity index (χ1v) is 6.72. The van der Waals surface area contributed by atoms with E-state index in [1.54, 1.807) is 12.1 Å². The largest absolute Gasteiger partial charge is 0.368 e. The van der Waals surface area contributed by atoms with E-state index >= 15 is 0 Å². The Morgan fingerprint density at radius 3 is 2.80 bits per heavy atom. The quantitative estimate of drug-likeness (QED) is 0.710. The fourth-order valence-corrected chi connectivity index (χ4v) is 2.05. The number of aromatic nitrogens is 3. The van der Waals surface area contributed by atoms with E-state index in [4.69, 9.17) is 11.0 Å². The number of carbonyl (C=O) groups is 1. The normalized spacial score (nSPS) is 9.95. The third kappa shape index (κ3) is 4.00. The molecule has 7 nitrogen and oxygen atoms in total. The van der Waals surface area contributed by atoms with Crippen LogP contribution in [0.25, 0.3) is 0 Å². The van der Waals surface area contributed by atoms with E-state index in [1.807, 2.05) is 12.1 Å². The van der Waals surface area contributed by atoms with Gasteiger partial charge < -0.3 is 11.1 Å². The van der Waals surface area contributed by atoms with E-state index in [2.05, 4.69) is 26.6 Å². The van der Waals surface area contributed by atoms with Gasteiger partial charge in [-0.2, -0.15) is 10.2 Å². The predicted octanol–water partition coefficient (Wildman–Crippen LogP) is 1.18. The van der Waals surface area contributed by atoms with Crippen molar-refractivity contribution in [1.29, 1.82) is 5.26 Å². The van der Waals surface area contributed by atoms with Crippen LogP contribution in [0.3, 0.4) is 0 Å². The summed E-state index contributed by atoms with van der Waals surface area (Å²) in [4.78, 5) is 15.6. The van der Waals surface area contributed by atoms with Crippen molar-refractivity contribution >= 4 is 29.3 Å². The molecule has 1 aromatic heterocycles. The predicted molar refractivity (Wildman–Crippen MR) is 75.9 cm³/mol. The number of benzene rings is 1. The van der Waals surface area contributed by atoms with Crippen LogP contribution in [0.2, 0.25) is 0 Å². The topological polar surface area (TPSA) is 120 Å². The molecular weight excluding hydrogens is 276 g/mol. The van der Waals surface area contributed by atoms with Crippen molar-refractivity contribution in [3.05, 3.63) is 29.8 Å². The van der Waals surface area contributed by atoms with Gasteiger partial charge in [-0.25, -0.2) is 5.10 Å². The van der Waals surface area contributed by atoms with Gasteiger partial charge in [0, 0.05) is 5.69 Å². The summed E-state index contributed by atoms with van der Waals surface area (Å²) in [6, 6.07) is 9.21. The minimum absolute atomic E-state index is 0.161. The number of thioether (sulfide) groups is 1. The van der Waals surface area contributed by atoms with Crippen molar-refractivity contribution in [2.75, 3.05) is 16.8 Å². The highest BCUT2D eigenvalue weighted by Gasteiger charge is 2.07. The monoisotopic (exact) mass is 288 g/mol. The van der Waals surface area contributed by atoms with Crippen LogP contribution in [0.15, 0.2) is 29.4 Å². The molecule has 0 spiro atoms. The molecule has 0 atom stereocenters. The van der Waals surface area contributed by atoms with Crippen molar-refractivity contribution in [3.8, 4) is 6.07 Å². The highest BCUT2D eigenvalue weighted by Crippen LogP contribution is 2.14. The van der Waals surface area contributed by atoms with Crippen LogP contribution < -0.4 is 11.1 Å². The van der Waals surface area contributed by atoms with E-state index in [0.717, 1.165) is 5.56 Å². The van der Waals surface area contributed by atoms with Crippen LogP contribution in [-0.2, 0) is 11.2 Å².